The lowest BCUT2D eigenvalue weighted by molar-refractivity contribution is -0.141. The third kappa shape index (κ3) is 3.63. The van der Waals surface area contributed by atoms with Crippen LogP contribution < -0.4 is 5.32 Å². The molecule has 1 rings (SSSR count). The number of ether oxygens (including phenoxy) is 1. The molecule has 1 atom stereocenters. The number of anilines is 1. The number of nitrogens with one attached hydrogen (secondary N) is 1. The minimum absolute atomic E-state index is 0.230. The molecule has 1 aromatic rings. The Kier molecular flexibility index (Phi) is 4.61. The van der Waals surface area contributed by atoms with E-state index in [9.17, 15) is 18.0 Å². The van der Waals surface area contributed by atoms with Crippen molar-refractivity contribution in [2.45, 2.75) is 19.1 Å². The summed E-state index contributed by atoms with van der Waals surface area (Å²) in [6.45, 7) is 1.55. The van der Waals surface area contributed by atoms with Crippen molar-refractivity contribution in [2.75, 3.05) is 12.4 Å². The number of rotatable bonds is 3. The number of hydrogen-bond acceptors (Lipinski definition) is 3. The highest BCUT2D eigenvalue weighted by Crippen LogP contribution is 2.34. The molecule has 100 valence electrons. The van der Waals surface area contributed by atoms with Gasteiger partial charge in [-0.05, 0) is 41.1 Å². The van der Waals surface area contributed by atoms with Gasteiger partial charge in [-0.25, -0.2) is 4.79 Å². The zero-order valence-corrected chi connectivity index (χ0v) is 11.2. The average Bonchev–Trinajstić information content (AvgIpc) is 2.29. The first-order valence-corrected chi connectivity index (χ1v) is 5.76. The minimum atomic E-state index is -4.39. The molecule has 1 aromatic carbocycles. The molecular weight excluding hydrogens is 315 g/mol. The summed E-state index contributed by atoms with van der Waals surface area (Å²) in [5.74, 6) is -0.498. The van der Waals surface area contributed by atoms with Crippen molar-refractivity contribution in [3.8, 4) is 0 Å². The molecule has 0 heterocycles. The van der Waals surface area contributed by atoms with E-state index in [1.54, 1.807) is 6.92 Å². The summed E-state index contributed by atoms with van der Waals surface area (Å²) < 4.78 is 42.0. The molecule has 1 N–H and O–H groups in total. The van der Waals surface area contributed by atoms with Gasteiger partial charge in [0.15, 0.2) is 0 Å². The fourth-order valence-electron chi connectivity index (χ4n) is 1.28. The molecule has 0 saturated heterocycles. The summed E-state index contributed by atoms with van der Waals surface area (Å²) in [6.07, 6.45) is -4.39. The van der Waals surface area contributed by atoms with Crippen molar-refractivity contribution in [3.63, 3.8) is 0 Å². The summed E-state index contributed by atoms with van der Waals surface area (Å²) in [4.78, 5) is 11.2. The molecule has 0 aliphatic rings. The van der Waals surface area contributed by atoms with Crippen LogP contribution in [-0.4, -0.2) is 19.1 Å². The SMILES string of the molecule is COC(=O)C(C)Nc1ccc(C(F)(F)F)cc1Br. The van der Waals surface area contributed by atoms with Crippen LogP contribution in [0.4, 0.5) is 18.9 Å². The van der Waals surface area contributed by atoms with Gasteiger partial charge in [0, 0.05) is 10.2 Å². The first-order valence-electron chi connectivity index (χ1n) is 4.97. The van der Waals surface area contributed by atoms with Gasteiger partial charge in [-0.3, -0.25) is 0 Å². The Balaban J connectivity index is 2.90. The average molecular weight is 326 g/mol. The van der Waals surface area contributed by atoms with Gasteiger partial charge in [-0.1, -0.05) is 0 Å². The molecule has 0 aromatic heterocycles. The summed E-state index contributed by atoms with van der Waals surface area (Å²) in [5, 5.41) is 2.75. The van der Waals surface area contributed by atoms with E-state index in [0.717, 1.165) is 12.1 Å². The van der Waals surface area contributed by atoms with Crippen LogP contribution in [-0.2, 0) is 15.7 Å². The van der Waals surface area contributed by atoms with Crippen molar-refractivity contribution in [3.05, 3.63) is 28.2 Å². The fraction of sp³-hybridized carbons (Fsp3) is 0.364. The van der Waals surface area contributed by atoms with Crippen molar-refractivity contribution >= 4 is 27.6 Å². The maximum Gasteiger partial charge on any atom is 0.416 e. The number of alkyl halides is 3. The molecule has 0 bridgehead atoms. The van der Waals surface area contributed by atoms with E-state index in [-0.39, 0.29) is 4.47 Å². The number of carbonyl (C=O) groups excluding carboxylic acids is 1. The lowest BCUT2D eigenvalue weighted by atomic mass is 10.2. The quantitative estimate of drug-likeness (QED) is 0.865. The van der Waals surface area contributed by atoms with Crippen molar-refractivity contribution in [1.82, 2.24) is 0 Å². The van der Waals surface area contributed by atoms with Crippen LogP contribution >= 0.6 is 15.9 Å². The molecule has 0 radical (unpaired) electrons. The Labute approximate surface area is 110 Å². The molecule has 0 aliphatic carbocycles. The smallest absolute Gasteiger partial charge is 0.416 e. The second-order valence-corrected chi connectivity index (χ2v) is 4.44. The number of esters is 1. The summed E-state index contributed by atoms with van der Waals surface area (Å²) in [7, 11) is 1.24. The van der Waals surface area contributed by atoms with Crippen molar-refractivity contribution in [2.24, 2.45) is 0 Å². The van der Waals surface area contributed by atoms with E-state index in [2.05, 4.69) is 26.0 Å². The lowest BCUT2D eigenvalue weighted by Crippen LogP contribution is -2.27. The van der Waals surface area contributed by atoms with E-state index in [0.29, 0.717) is 5.69 Å². The van der Waals surface area contributed by atoms with Crippen LogP contribution in [0.2, 0.25) is 0 Å². The van der Waals surface area contributed by atoms with Crippen molar-refractivity contribution in [1.29, 1.82) is 0 Å². The first kappa shape index (κ1) is 14.8. The van der Waals surface area contributed by atoms with Gasteiger partial charge >= 0.3 is 12.1 Å². The van der Waals surface area contributed by atoms with E-state index in [1.165, 1.54) is 13.2 Å². The van der Waals surface area contributed by atoms with Gasteiger partial charge in [0.1, 0.15) is 6.04 Å². The van der Waals surface area contributed by atoms with Gasteiger partial charge in [0.05, 0.1) is 12.7 Å². The third-order valence-corrected chi connectivity index (χ3v) is 2.88. The molecule has 0 fully saturated rings. The summed E-state index contributed by atoms with van der Waals surface area (Å²) >= 11 is 3.02. The van der Waals surface area contributed by atoms with Crippen LogP contribution in [0.5, 0.6) is 0 Å². The van der Waals surface area contributed by atoms with Gasteiger partial charge < -0.3 is 10.1 Å². The Bertz CT molecular complexity index is 448. The first-order chi connectivity index (χ1) is 8.25. The molecule has 18 heavy (non-hydrogen) atoms. The zero-order chi connectivity index (χ0) is 13.9. The molecule has 7 heteroatoms. The van der Waals surface area contributed by atoms with E-state index < -0.39 is 23.8 Å². The number of carbonyl (C=O) groups is 1. The fourth-order valence-corrected chi connectivity index (χ4v) is 1.77. The normalized spacial score (nSPS) is 13.0. The van der Waals surface area contributed by atoms with Gasteiger partial charge in [0.25, 0.3) is 0 Å². The van der Waals surface area contributed by atoms with E-state index >= 15 is 0 Å². The summed E-state index contributed by atoms with van der Waals surface area (Å²) in [5.41, 5.74) is -0.369. The Hall–Kier alpha value is -1.24. The van der Waals surface area contributed by atoms with Gasteiger partial charge in [-0.2, -0.15) is 13.2 Å². The van der Waals surface area contributed by atoms with Gasteiger partial charge in [-0.15, -0.1) is 0 Å². The predicted octanol–water partition coefficient (Wildman–Crippen LogP) is 3.44. The summed E-state index contributed by atoms with van der Waals surface area (Å²) in [6, 6.07) is 2.50. The monoisotopic (exact) mass is 325 g/mol. The van der Waals surface area contributed by atoms with Crippen LogP contribution in [0.1, 0.15) is 12.5 Å². The molecule has 0 amide bonds. The maximum atomic E-state index is 12.4. The molecule has 3 nitrogen and oxygen atoms in total. The van der Waals surface area contributed by atoms with Crippen LogP contribution in [0, 0.1) is 0 Å². The molecule has 0 spiro atoms. The van der Waals surface area contributed by atoms with Crippen molar-refractivity contribution < 1.29 is 22.7 Å². The largest absolute Gasteiger partial charge is 0.467 e. The van der Waals surface area contributed by atoms with Crippen LogP contribution in [0.3, 0.4) is 0 Å². The Morgan fingerprint density at radius 2 is 2.06 bits per heavy atom. The Morgan fingerprint density at radius 3 is 2.50 bits per heavy atom. The van der Waals surface area contributed by atoms with E-state index in [1.807, 2.05) is 0 Å². The van der Waals surface area contributed by atoms with Crippen LogP contribution in [0.25, 0.3) is 0 Å². The Morgan fingerprint density at radius 1 is 1.44 bits per heavy atom. The number of halogens is 4. The maximum absolute atomic E-state index is 12.4. The highest BCUT2D eigenvalue weighted by atomic mass is 79.9. The second kappa shape index (κ2) is 5.60. The third-order valence-electron chi connectivity index (χ3n) is 2.22. The van der Waals surface area contributed by atoms with Gasteiger partial charge in [0.2, 0.25) is 0 Å². The van der Waals surface area contributed by atoms with E-state index in [4.69, 9.17) is 0 Å². The zero-order valence-electron chi connectivity index (χ0n) is 9.64. The lowest BCUT2D eigenvalue weighted by Gasteiger charge is -2.15. The predicted molar refractivity (Wildman–Crippen MR) is 64.2 cm³/mol. The number of methoxy groups -OCH3 is 1. The second-order valence-electron chi connectivity index (χ2n) is 3.58. The highest BCUT2D eigenvalue weighted by Gasteiger charge is 2.31. The highest BCUT2D eigenvalue weighted by molar-refractivity contribution is 9.10. The van der Waals surface area contributed by atoms with Crippen LogP contribution in [0.15, 0.2) is 22.7 Å². The molecule has 0 saturated carbocycles. The molecular formula is C11H11BrF3NO2. The topological polar surface area (TPSA) is 38.3 Å². The molecule has 0 aliphatic heterocycles. The number of benzene rings is 1. The standard InChI is InChI=1S/C11H11BrF3NO2/c1-6(10(17)18-2)16-9-4-3-7(5-8(9)12)11(13,14)15/h3-6,16H,1-2H3. The minimum Gasteiger partial charge on any atom is -0.467 e. The molecule has 1 unspecified atom stereocenters. The number of hydrogen-bond donors (Lipinski definition) is 1.